The van der Waals surface area contributed by atoms with Crippen LogP contribution in [0.3, 0.4) is 0 Å². The maximum absolute atomic E-state index is 12.0. The molecule has 4 rings (SSSR count). The first-order chi connectivity index (χ1) is 14.2. The van der Waals surface area contributed by atoms with Crippen LogP contribution in [-0.2, 0) is 19.0 Å². The van der Waals surface area contributed by atoms with E-state index >= 15 is 0 Å². The number of likely N-dealkylation sites (tertiary alicyclic amines) is 2. The molecule has 3 heterocycles. The lowest BCUT2D eigenvalue weighted by atomic mass is 9.87. The fourth-order valence-electron chi connectivity index (χ4n) is 5.29. The van der Waals surface area contributed by atoms with Gasteiger partial charge in [-0.25, -0.2) is 0 Å². The van der Waals surface area contributed by atoms with Crippen LogP contribution in [0, 0.1) is 11.8 Å². The van der Waals surface area contributed by atoms with Gasteiger partial charge < -0.3 is 14.2 Å². The summed E-state index contributed by atoms with van der Waals surface area (Å²) in [5.74, 6) is 0.805. The van der Waals surface area contributed by atoms with E-state index in [1.165, 1.54) is 19.4 Å². The first-order valence-corrected chi connectivity index (χ1v) is 11.8. The second-order valence-electron chi connectivity index (χ2n) is 9.16. The summed E-state index contributed by atoms with van der Waals surface area (Å²) >= 11 is 0. The fraction of sp³-hybridized carbons (Fsp3) is 0.955. The molecule has 0 bridgehead atoms. The molecule has 4 aliphatic rings. The fourth-order valence-corrected chi connectivity index (χ4v) is 5.29. The Morgan fingerprint density at radius 2 is 1.69 bits per heavy atom. The summed E-state index contributed by atoms with van der Waals surface area (Å²) in [7, 11) is 0. The van der Waals surface area contributed by atoms with Crippen molar-refractivity contribution < 1.29 is 19.0 Å². The Bertz CT molecular complexity index is 508. The smallest absolute Gasteiger partial charge is 0.308 e. The van der Waals surface area contributed by atoms with Gasteiger partial charge in [-0.05, 0) is 51.4 Å². The SMILES string of the molecule is CCOC(=O)C1CCC(OC(N2CCCC2)N2CC(CN3CCOCC3)C2)CC1. The molecule has 3 saturated heterocycles. The van der Waals surface area contributed by atoms with Gasteiger partial charge in [0, 0.05) is 45.8 Å². The lowest BCUT2D eigenvalue weighted by Crippen LogP contribution is -2.61. The van der Waals surface area contributed by atoms with Gasteiger partial charge in [0.05, 0.1) is 31.8 Å². The number of hydrogen-bond acceptors (Lipinski definition) is 7. The maximum atomic E-state index is 12.0. The van der Waals surface area contributed by atoms with E-state index in [1.54, 1.807) is 0 Å². The molecule has 1 saturated carbocycles. The van der Waals surface area contributed by atoms with Crippen LogP contribution in [-0.4, -0.2) is 98.8 Å². The molecule has 166 valence electrons. The van der Waals surface area contributed by atoms with E-state index in [1.807, 2.05) is 6.92 Å². The van der Waals surface area contributed by atoms with E-state index < -0.39 is 0 Å². The van der Waals surface area contributed by atoms with E-state index in [2.05, 4.69) is 14.7 Å². The van der Waals surface area contributed by atoms with Gasteiger partial charge in [0.15, 0.2) is 6.35 Å². The van der Waals surface area contributed by atoms with Crippen molar-refractivity contribution in [1.29, 1.82) is 0 Å². The second kappa shape index (κ2) is 10.5. The number of carbonyl (C=O) groups excluding carboxylic acids is 1. The summed E-state index contributed by atoms with van der Waals surface area (Å²) < 4.78 is 17.4. The normalized spacial score (nSPS) is 31.5. The zero-order valence-corrected chi connectivity index (χ0v) is 18.1. The Kier molecular flexibility index (Phi) is 7.81. The number of nitrogens with zero attached hydrogens (tertiary/aromatic N) is 3. The van der Waals surface area contributed by atoms with Crippen molar-refractivity contribution in [2.45, 2.75) is 57.9 Å². The molecule has 1 unspecified atom stereocenters. The van der Waals surface area contributed by atoms with E-state index in [4.69, 9.17) is 14.2 Å². The van der Waals surface area contributed by atoms with Crippen LogP contribution in [0.15, 0.2) is 0 Å². The highest BCUT2D eigenvalue weighted by atomic mass is 16.5. The van der Waals surface area contributed by atoms with Crippen molar-refractivity contribution in [2.75, 3.05) is 65.6 Å². The van der Waals surface area contributed by atoms with E-state index in [0.29, 0.717) is 6.61 Å². The van der Waals surface area contributed by atoms with Crippen molar-refractivity contribution in [1.82, 2.24) is 14.7 Å². The van der Waals surface area contributed by atoms with Crippen molar-refractivity contribution >= 4 is 5.97 Å². The van der Waals surface area contributed by atoms with Crippen molar-refractivity contribution in [3.8, 4) is 0 Å². The molecule has 0 aromatic rings. The third-order valence-electron chi connectivity index (χ3n) is 6.98. The van der Waals surface area contributed by atoms with Crippen LogP contribution in [0.1, 0.15) is 45.4 Å². The molecular weight excluding hydrogens is 370 g/mol. The Morgan fingerprint density at radius 3 is 2.34 bits per heavy atom. The van der Waals surface area contributed by atoms with E-state index in [9.17, 15) is 4.79 Å². The van der Waals surface area contributed by atoms with Crippen LogP contribution in [0.4, 0.5) is 0 Å². The van der Waals surface area contributed by atoms with E-state index in [-0.39, 0.29) is 24.3 Å². The Morgan fingerprint density at radius 1 is 1.00 bits per heavy atom. The van der Waals surface area contributed by atoms with Gasteiger partial charge in [0.1, 0.15) is 0 Å². The number of hydrogen-bond donors (Lipinski definition) is 0. The summed E-state index contributed by atoms with van der Waals surface area (Å²) in [5, 5.41) is 0. The molecule has 4 fully saturated rings. The molecule has 0 aromatic heterocycles. The molecule has 0 spiro atoms. The van der Waals surface area contributed by atoms with Crippen molar-refractivity contribution in [2.24, 2.45) is 11.8 Å². The van der Waals surface area contributed by atoms with Gasteiger partial charge in [-0.2, -0.15) is 0 Å². The van der Waals surface area contributed by atoms with Gasteiger partial charge in [-0.3, -0.25) is 19.5 Å². The van der Waals surface area contributed by atoms with Crippen LogP contribution in [0.5, 0.6) is 0 Å². The van der Waals surface area contributed by atoms with Crippen molar-refractivity contribution in [3.05, 3.63) is 0 Å². The molecule has 7 heteroatoms. The molecule has 0 aromatic carbocycles. The summed E-state index contributed by atoms with van der Waals surface area (Å²) in [6, 6.07) is 0. The van der Waals surface area contributed by atoms with Crippen LogP contribution in [0.2, 0.25) is 0 Å². The molecule has 29 heavy (non-hydrogen) atoms. The average molecular weight is 410 g/mol. The largest absolute Gasteiger partial charge is 0.466 e. The quantitative estimate of drug-likeness (QED) is 0.566. The first kappa shape index (κ1) is 21.5. The standard InChI is InChI=1S/C22H39N3O4/c1-2-28-21(26)19-5-7-20(8-6-19)29-22(24-9-3-4-10-24)25-16-18(17-25)15-23-11-13-27-14-12-23/h18-20,22H,2-17H2,1H3. The lowest BCUT2D eigenvalue weighted by Gasteiger charge is -2.49. The highest BCUT2D eigenvalue weighted by Gasteiger charge is 2.39. The minimum atomic E-state index is -0.0178. The van der Waals surface area contributed by atoms with Gasteiger partial charge in [-0.15, -0.1) is 0 Å². The van der Waals surface area contributed by atoms with Crippen LogP contribution in [0.25, 0.3) is 0 Å². The molecule has 0 N–H and O–H groups in total. The highest BCUT2D eigenvalue weighted by molar-refractivity contribution is 5.72. The Balaban J connectivity index is 1.24. The predicted molar refractivity (Wildman–Crippen MR) is 110 cm³/mol. The third kappa shape index (κ3) is 5.70. The maximum Gasteiger partial charge on any atom is 0.308 e. The molecule has 1 atom stereocenters. The summed E-state index contributed by atoms with van der Waals surface area (Å²) in [6.07, 6.45) is 6.69. The highest BCUT2D eigenvalue weighted by Crippen LogP contribution is 2.31. The molecule has 0 amide bonds. The van der Waals surface area contributed by atoms with Gasteiger partial charge >= 0.3 is 5.97 Å². The second-order valence-corrected chi connectivity index (χ2v) is 9.16. The van der Waals surface area contributed by atoms with Crippen LogP contribution >= 0.6 is 0 Å². The monoisotopic (exact) mass is 409 g/mol. The topological polar surface area (TPSA) is 54.5 Å². The van der Waals surface area contributed by atoms with E-state index in [0.717, 1.165) is 84.1 Å². The van der Waals surface area contributed by atoms with Gasteiger partial charge in [0.2, 0.25) is 0 Å². The first-order valence-electron chi connectivity index (χ1n) is 11.8. The minimum absolute atomic E-state index is 0.0178. The number of carbonyl (C=O) groups is 1. The molecule has 3 aliphatic heterocycles. The average Bonchev–Trinajstić information content (AvgIpc) is 3.25. The number of rotatable bonds is 8. The molecular formula is C22H39N3O4. The van der Waals surface area contributed by atoms with Gasteiger partial charge in [0.25, 0.3) is 0 Å². The van der Waals surface area contributed by atoms with Crippen LogP contribution < -0.4 is 0 Å². The zero-order valence-electron chi connectivity index (χ0n) is 18.1. The van der Waals surface area contributed by atoms with Gasteiger partial charge in [-0.1, -0.05) is 0 Å². The zero-order chi connectivity index (χ0) is 20.1. The summed E-state index contributed by atoms with van der Waals surface area (Å²) in [4.78, 5) is 19.6. The number of ether oxygens (including phenoxy) is 3. The number of morpholine rings is 1. The Hall–Kier alpha value is -0.730. The minimum Gasteiger partial charge on any atom is -0.466 e. The third-order valence-corrected chi connectivity index (χ3v) is 6.98. The van der Waals surface area contributed by atoms with Crippen molar-refractivity contribution in [3.63, 3.8) is 0 Å². The number of esters is 1. The molecule has 0 radical (unpaired) electrons. The molecule has 1 aliphatic carbocycles. The summed E-state index contributed by atoms with van der Waals surface area (Å²) in [6.45, 7) is 12.0. The summed E-state index contributed by atoms with van der Waals surface area (Å²) in [5.41, 5.74) is 0. The lowest BCUT2D eigenvalue weighted by molar-refractivity contribution is -0.211. The Labute approximate surface area is 175 Å². The molecule has 7 nitrogen and oxygen atoms in total. The predicted octanol–water partition coefficient (Wildman–Crippen LogP) is 1.77.